The third kappa shape index (κ3) is 9.43. The molecule has 0 aliphatic heterocycles. The van der Waals surface area contributed by atoms with Gasteiger partial charge in [0.05, 0.1) is 12.9 Å². The highest BCUT2D eigenvalue weighted by Gasteiger charge is 2.05. The van der Waals surface area contributed by atoms with Crippen LogP contribution in [-0.4, -0.2) is 29.5 Å². The van der Waals surface area contributed by atoms with Gasteiger partial charge >= 0.3 is 5.97 Å². The predicted molar refractivity (Wildman–Crippen MR) is 67.6 cm³/mol. The summed E-state index contributed by atoms with van der Waals surface area (Å²) in [6, 6.07) is -1.06. The lowest BCUT2D eigenvalue weighted by atomic mass is 10.1. The quantitative estimate of drug-likeness (QED) is 0.345. The van der Waals surface area contributed by atoms with Gasteiger partial charge in [0.1, 0.15) is 11.8 Å². The van der Waals surface area contributed by atoms with Crippen molar-refractivity contribution in [2.24, 2.45) is 5.73 Å². The van der Waals surface area contributed by atoms with Gasteiger partial charge in [-0.15, -0.1) is 12.3 Å². The Morgan fingerprint density at radius 1 is 1.39 bits per heavy atom. The summed E-state index contributed by atoms with van der Waals surface area (Å²) in [6.45, 7) is 0.365. The zero-order valence-electron chi connectivity index (χ0n) is 10.3. The second kappa shape index (κ2) is 10.4. The molecule has 0 unspecified atom stereocenters. The Balaban J connectivity index is 3.48. The second-order valence-corrected chi connectivity index (χ2v) is 3.76. The maximum Gasteiger partial charge on any atom is 0.324 e. The van der Waals surface area contributed by atoms with E-state index in [1.165, 1.54) is 12.3 Å². The van der Waals surface area contributed by atoms with Gasteiger partial charge in [-0.25, -0.2) is 0 Å². The Bertz CT molecular complexity index is 330. The fourth-order valence-corrected chi connectivity index (χ4v) is 1.16. The van der Waals surface area contributed by atoms with Crippen LogP contribution in [0.25, 0.3) is 0 Å². The molecule has 0 aromatic heterocycles. The van der Waals surface area contributed by atoms with Crippen molar-refractivity contribution in [2.75, 3.05) is 6.61 Å². The number of ether oxygens (including phenoxy) is 1. The zero-order chi connectivity index (χ0) is 13.8. The Labute approximate surface area is 107 Å². The van der Waals surface area contributed by atoms with Gasteiger partial charge < -0.3 is 15.6 Å². The largest absolute Gasteiger partial charge is 0.501 e. The molecule has 3 N–H and O–H groups in total. The van der Waals surface area contributed by atoms with Gasteiger partial charge in [0.2, 0.25) is 0 Å². The van der Waals surface area contributed by atoms with E-state index in [9.17, 15) is 9.59 Å². The minimum atomic E-state index is -1.11. The first kappa shape index (κ1) is 16.2. The number of carboxylic acids is 1. The molecule has 0 rings (SSSR count). The van der Waals surface area contributed by atoms with Crippen molar-refractivity contribution in [3.8, 4) is 12.3 Å². The van der Waals surface area contributed by atoms with E-state index in [0.29, 0.717) is 32.3 Å². The molecule has 0 bridgehead atoms. The molecule has 0 aliphatic rings. The first-order valence-electron chi connectivity index (χ1n) is 5.79. The van der Waals surface area contributed by atoms with Gasteiger partial charge in [0.25, 0.3) is 0 Å². The van der Waals surface area contributed by atoms with Crippen LogP contribution in [0.15, 0.2) is 12.3 Å². The molecule has 18 heavy (non-hydrogen) atoms. The van der Waals surface area contributed by atoms with Crippen molar-refractivity contribution in [1.82, 2.24) is 0 Å². The Kier molecular flexibility index (Phi) is 9.32. The summed E-state index contributed by atoms with van der Waals surface area (Å²) in [5.41, 5.74) is 5.21. The lowest BCUT2D eigenvalue weighted by molar-refractivity contribution is -0.137. The molecule has 0 fully saturated rings. The summed E-state index contributed by atoms with van der Waals surface area (Å²) < 4.78 is 5.02. The predicted octanol–water partition coefficient (Wildman–Crippen LogP) is 1.08. The number of rotatable bonds is 10. The molecule has 5 nitrogen and oxygen atoms in total. The number of ketones is 1. The molecule has 1 atom stereocenters. The summed E-state index contributed by atoms with van der Waals surface area (Å²) >= 11 is 0. The molecule has 0 aliphatic carbocycles. The first-order valence-corrected chi connectivity index (χ1v) is 5.79. The number of carboxylic acid groups (broad SMARTS) is 1. The number of carbonyl (C=O) groups is 2. The molecule has 0 aromatic carbocycles. The third-order valence-corrected chi connectivity index (χ3v) is 2.16. The number of Topliss-reactive ketones (excluding diaryl/α,β-unsaturated/α-hetero) is 1. The molecule has 0 saturated carbocycles. The van der Waals surface area contributed by atoms with Crippen LogP contribution < -0.4 is 5.73 Å². The average Bonchev–Trinajstić information content (AvgIpc) is 2.33. The van der Waals surface area contributed by atoms with Crippen LogP contribution in [-0.2, 0) is 14.3 Å². The lowest BCUT2D eigenvalue weighted by Crippen LogP contribution is -2.27. The Morgan fingerprint density at radius 3 is 2.67 bits per heavy atom. The van der Waals surface area contributed by atoms with E-state index < -0.39 is 12.0 Å². The van der Waals surface area contributed by atoms with Gasteiger partial charge in [0, 0.05) is 19.3 Å². The van der Waals surface area contributed by atoms with Gasteiger partial charge in [-0.2, -0.15) is 0 Å². The highest BCUT2D eigenvalue weighted by atomic mass is 16.5. The maximum atomic E-state index is 11.3. The SMILES string of the molecule is C#CCCCC(=O)CCCO/C=C/[C@H](N)C(=O)O. The molecular weight excluding hydrogens is 234 g/mol. The van der Waals surface area contributed by atoms with E-state index in [2.05, 4.69) is 5.92 Å². The lowest BCUT2D eigenvalue weighted by Gasteiger charge is -2.02. The molecule has 0 amide bonds. The van der Waals surface area contributed by atoms with Crippen molar-refractivity contribution in [3.05, 3.63) is 12.3 Å². The fraction of sp³-hybridized carbons (Fsp3) is 0.538. The monoisotopic (exact) mass is 253 g/mol. The van der Waals surface area contributed by atoms with Crippen LogP contribution in [0.5, 0.6) is 0 Å². The highest BCUT2D eigenvalue weighted by Crippen LogP contribution is 2.01. The fourth-order valence-electron chi connectivity index (χ4n) is 1.16. The number of terminal acetylenes is 1. The molecule has 0 saturated heterocycles. The maximum absolute atomic E-state index is 11.3. The molecule has 0 aromatic rings. The minimum Gasteiger partial charge on any atom is -0.501 e. The van der Waals surface area contributed by atoms with Crippen LogP contribution in [0.1, 0.15) is 32.1 Å². The smallest absolute Gasteiger partial charge is 0.324 e. The van der Waals surface area contributed by atoms with Crippen LogP contribution in [0.4, 0.5) is 0 Å². The van der Waals surface area contributed by atoms with Crippen LogP contribution in [0.3, 0.4) is 0 Å². The van der Waals surface area contributed by atoms with E-state index in [0.717, 1.165) is 6.42 Å². The standard InChI is InChI=1S/C13H19NO4/c1-2-3-4-6-11(15)7-5-9-18-10-8-12(14)13(16)17/h1,8,10,12H,3-7,9,14H2,(H,16,17)/b10-8+/t12-/m0/s1. The van der Waals surface area contributed by atoms with Crippen molar-refractivity contribution in [3.63, 3.8) is 0 Å². The average molecular weight is 253 g/mol. The molecule has 0 spiro atoms. The van der Waals surface area contributed by atoms with Gasteiger partial charge in [-0.3, -0.25) is 9.59 Å². The van der Waals surface area contributed by atoms with Crippen LogP contribution in [0, 0.1) is 12.3 Å². The summed E-state index contributed by atoms with van der Waals surface area (Å²) in [4.78, 5) is 21.7. The number of carbonyl (C=O) groups excluding carboxylic acids is 1. The summed E-state index contributed by atoms with van der Waals surface area (Å²) in [5.74, 6) is 1.54. The van der Waals surface area contributed by atoms with E-state index in [1.54, 1.807) is 0 Å². The van der Waals surface area contributed by atoms with Crippen LogP contribution >= 0.6 is 0 Å². The number of aliphatic carboxylic acids is 1. The zero-order valence-corrected chi connectivity index (χ0v) is 10.3. The number of nitrogens with two attached hydrogens (primary N) is 1. The number of hydrogen-bond donors (Lipinski definition) is 2. The molecular formula is C13H19NO4. The number of unbranched alkanes of at least 4 members (excludes halogenated alkanes) is 1. The molecule has 5 heteroatoms. The molecule has 100 valence electrons. The summed E-state index contributed by atoms with van der Waals surface area (Å²) in [7, 11) is 0. The molecule has 0 radical (unpaired) electrons. The van der Waals surface area contributed by atoms with Crippen LogP contribution in [0.2, 0.25) is 0 Å². The third-order valence-electron chi connectivity index (χ3n) is 2.16. The van der Waals surface area contributed by atoms with Crippen molar-refractivity contribution in [2.45, 2.75) is 38.1 Å². The van der Waals surface area contributed by atoms with E-state index in [4.69, 9.17) is 22.0 Å². The van der Waals surface area contributed by atoms with Crippen molar-refractivity contribution < 1.29 is 19.4 Å². The van der Waals surface area contributed by atoms with Gasteiger partial charge in [-0.05, 0) is 18.9 Å². The van der Waals surface area contributed by atoms with E-state index in [-0.39, 0.29) is 5.78 Å². The second-order valence-electron chi connectivity index (χ2n) is 3.76. The highest BCUT2D eigenvalue weighted by molar-refractivity contribution is 5.78. The van der Waals surface area contributed by atoms with Gasteiger partial charge in [0.15, 0.2) is 0 Å². The van der Waals surface area contributed by atoms with Crippen molar-refractivity contribution in [1.29, 1.82) is 0 Å². The normalized spacial score (nSPS) is 12.0. The van der Waals surface area contributed by atoms with E-state index in [1.807, 2.05) is 0 Å². The van der Waals surface area contributed by atoms with E-state index >= 15 is 0 Å². The minimum absolute atomic E-state index is 0.167. The first-order chi connectivity index (χ1) is 8.57. The Hall–Kier alpha value is -1.80. The summed E-state index contributed by atoms with van der Waals surface area (Å²) in [6.07, 6.45) is 10.5. The van der Waals surface area contributed by atoms with Gasteiger partial charge in [-0.1, -0.05) is 0 Å². The molecule has 0 heterocycles. The Morgan fingerprint density at radius 2 is 2.06 bits per heavy atom. The topological polar surface area (TPSA) is 89.6 Å². The number of hydrogen-bond acceptors (Lipinski definition) is 4. The summed E-state index contributed by atoms with van der Waals surface area (Å²) in [5, 5.41) is 8.47. The van der Waals surface area contributed by atoms with Crippen molar-refractivity contribution >= 4 is 11.8 Å².